The lowest BCUT2D eigenvalue weighted by molar-refractivity contribution is 0.0765. The Bertz CT molecular complexity index is 665. The van der Waals surface area contributed by atoms with Gasteiger partial charge in [-0.1, -0.05) is 0 Å². The van der Waals surface area contributed by atoms with E-state index in [0.717, 1.165) is 62.1 Å². The largest absolute Gasteiger partial charge is 0.337 e. The first kappa shape index (κ1) is 16.1. The summed E-state index contributed by atoms with van der Waals surface area (Å²) in [5, 5.41) is 0. The molecule has 3 heterocycles. The molecule has 7 heteroatoms. The van der Waals surface area contributed by atoms with Gasteiger partial charge in [0.1, 0.15) is 10.7 Å². The second-order valence-corrected chi connectivity index (χ2v) is 6.67. The first-order valence-corrected chi connectivity index (χ1v) is 8.98. The first-order valence-electron chi connectivity index (χ1n) is 8.10. The third-order valence-corrected chi connectivity index (χ3v) is 5.24. The van der Waals surface area contributed by atoms with Crippen LogP contribution in [0.25, 0.3) is 0 Å². The number of carbonyl (C=O) groups is 1. The van der Waals surface area contributed by atoms with Crippen molar-refractivity contribution in [3.8, 4) is 0 Å². The van der Waals surface area contributed by atoms with Gasteiger partial charge in [0.05, 0.1) is 17.7 Å². The van der Waals surface area contributed by atoms with Crippen molar-refractivity contribution < 1.29 is 4.79 Å². The summed E-state index contributed by atoms with van der Waals surface area (Å²) in [6, 6.07) is 0. The van der Waals surface area contributed by atoms with Crippen LogP contribution in [0.5, 0.6) is 0 Å². The Labute approximate surface area is 140 Å². The molecule has 0 bridgehead atoms. The SMILES string of the molecule is CCn1ccnc1CN1CCCN(C(=O)c2scnc2C)CC1. The number of hydrogen-bond acceptors (Lipinski definition) is 5. The second kappa shape index (κ2) is 7.23. The Morgan fingerprint density at radius 1 is 1.26 bits per heavy atom. The Hall–Kier alpha value is -1.73. The molecule has 0 spiro atoms. The summed E-state index contributed by atoms with van der Waals surface area (Å²) in [5.41, 5.74) is 2.59. The number of thiazole rings is 1. The van der Waals surface area contributed by atoms with Crippen LogP contribution in [0, 0.1) is 6.92 Å². The van der Waals surface area contributed by atoms with Crippen molar-refractivity contribution in [3.05, 3.63) is 34.3 Å². The van der Waals surface area contributed by atoms with E-state index >= 15 is 0 Å². The summed E-state index contributed by atoms with van der Waals surface area (Å²) in [6.07, 6.45) is 4.88. The monoisotopic (exact) mass is 333 g/mol. The van der Waals surface area contributed by atoms with E-state index in [9.17, 15) is 4.79 Å². The molecule has 0 unspecified atom stereocenters. The highest BCUT2D eigenvalue weighted by atomic mass is 32.1. The van der Waals surface area contributed by atoms with Gasteiger partial charge in [-0.2, -0.15) is 0 Å². The molecule has 0 N–H and O–H groups in total. The summed E-state index contributed by atoms with van der Waals surface area (Å²) in [6.45, 7) is 9.30. The third kappa shape index (κ3) is 3.61. The van der Waals surface area contributed by atoms with Crippen LogP contribution in [-0.4, -0.2) is 56.4 Å². The summed E-state index contributed by atoms with van der Waals surface area (Å²) in [7, 11) is 0. The zero-order chi connectivity index (χ0) is 16.2. The maximum atomic E-state index is 12.6. The van der Waals surface area contributed by atoms with E-state index in [4.69, 9.17) is 0 Å². The van der Waals surface area contributed by atoms with Crippen LogP contribution in [-0.2, 0) is 13.1 Å². The minimum Gasteiger partial charge on any atom is -0.337 e. The number of aromatic nitrogens is 3. The summed E-state index contributed by atoms with van der Waals surface area (Å²) >= 11 is 1.44. The number of hydrogen-bond donors (Lipinski definition) is 0. The van der Waals surface area contributed by atoms with Crippen LogP contribution in [0.15, 0.2) is 17.9 Å². The highest BCUT2D eigenvalue weighted by molar-refractivity contribution is 7.11. The van der Waals surface area contributed by atoms with Crippen LogP contribution in [0.2, 0.25) is 0 Å². The maximum absolute atomic E-state index is 12.6. The molecule has 1 saturated heterocycles. The van der Waals surface area contributed by atoms with Crippen molar-refractivity contribution in [2.45, 2.75) is 33.4 Å². The highest BCUT2D eigenvalue weighted by Gasteiger charge is 2.23. The summed E-state index contributed by atoms with van der Waals surface area (Å²) in [5.74, 6) is 1.23. The topological polar surface area (TPSA) is 54.3 Å². The van der Waals surface area contributed by atoms with Gasteiger partial charge in [-0.25, -0.2) is 9.97 Å². The molecule has 3 rings (SSSR count). The average Bonchev–Trinajstić information content (AvgIpc) is 3.10. The Morgan fingerprint density at radius 2 is 2.13 bits per heavy atom. The van der Waals surface area contributed by atoms with Crippen molar-refractivity contribution >= 4 is 17.2 Å². The fourth-order valence-corrected chi connectivity index (χ4v) is 3.73. The van der Waals surface area contributed by atoms with Crippen LogP contribution in [0.4, 0.5) is 0 Å². The Kier molecular flexibility index (Phi) is 5.07. The predicted molar refractivity (Wildman–Crippen MR) is 90.5 cm³/mol. The van der Waals surface area contributed by atoms with Gasteiger partial charge >= 0.3 is 0 Å². The van der Waals surface area contributed by atoms with Crippen molar-refractivity contribution in [3.63, 3.8) is 0 Å². The molecule has 0 saturated carbocycles. The molecule has 0 aliphatic carbocycles. The van der Waals surface area contributed by atoms with Gasteiger partial charge in [0.25, 0.3) is 5.91 Å². The van der Waals surface area contributed by atoms with Gasteiger partial charge in [0, 0.05) is 45.1 Å². The van der Waals surface area contributed by atoms with Crippen molar-refractivity contribution in [2.75, 3.05) is 26.2 Å². The molecule has 1 aliphatic heterocycles. The quantitative estimate of drug-likeness (QED) is 0.859. The Balaban J connectivity index is 1.61. The van der Waals surface area contributed by atoms with E-state index in [-0.39, 0.29) is 5.91 Å². The molecular weight excluding hydrogens is 310 g/mol. The van der Waals surface area contributed by atoms with Gasteiger partial charge in [0.15, 0.2) is 0 Å². The molecule has 2 aromatic heterocycles. The molecular formula is C16H23N5OS. The molecule has 23 heavy (non-hydrogen) atoms. The number of imidazole rings is 1. The molecule has 1 aliphatic rings. The van der Waals surface area contributed by atoms with Gasteiger partial charge in [-0.3, -0.25) is 9.69 Å². The van der Waals surface area contributed by atoms with Crippen LogP contribution >= 0.6 is 11.3 Å². The van der Waals surface area contributed by atoms with Crippen molar-refractivity contribution in [1.82, 2.24) is 24.3 Å². The number of carbonyl (C=O) groups excluding carboxylic acids is 1. The van der Waals surface area contributed by atoms with Gasteiger partial charge in [-0.05, 0) is 20.3 Å². The smallest absolute Gasteiger partial charge is 0.265 e. The Morgan fingerprint density at radius 3 is 2.87 bits per heavy atom. The molecule has 0 aromatic carbocycles. The van der Waals surface area contributed by atoms with Crippen LogP contribution < -0.4 is 0 Å². The van der Waals surface area contributed by atoms with E-state index in [1.165, 1.54) is 11.3 Å². The lowest BCUT2D eigenvalue weighted by Crippen LogP contribution is -2.35. The van der Waals surface area contributed by atoms with E-state index in [2.05, 4.69) is 26.4 Å². The van der Waals surface area contributed by atoms with E-state index < -0.39 is 0 Å². The minimum absolute atomic E-state index is 0.127. The van der Waals surface area contributed by atoms with Gasteiger partial charge in [0.2, 0.25) is 0 Å². The average molecular weight is 333 g/mol. The molecule has 0 atom stereocenters. The van der Waals surface area contributed by atoms with Crippen LogP contribution in [0.3, 0.4) is 0 Å². The normalized spacial score (nSPS) is 16.5. The molecule has 124 valence electrons. The molecule has 1 amide bonds. The summed E-state index contributed by atoms with van der Waals surface area (Å²) in [4.78, 5) is 26.4. The highest BCUT2D eigenvalue weighted by Crippen LogP contribution is 2.17. The van der Waals surface area contributed by atoms with Crippen molar-refractivity contribution in [2.24, 2.45) is 0 Å². The van der Waals surface area contributed by atoms with Crippen LogP contribution in [0.1, 0.15) is 34.5 Å². The lowest BCUT2D eigenvalue weighted by atomic mass is 10.3. The summed E-state index contributed by atoms with van der Waals surface area (Å²) < 4.78 is 2.18. The minimum atomic E-state index is 0.127. The number of rotatable bonds is 4. The first-order chi connectivity index (χ1) is 11.2. The predicted octanol–water partition coefficient (Wildman–Crippen LogP) is 2.02. The number of aryl methyl sites for hydroxylation is 2. The fourth-order valence-electron chi connectivity index (χ4n) is 2.96. The number of amides is 1. The number of nitrogens with zero attached hydrogens (tertiary/aromatic N) is 5. The standard InChI is InChI=1S/C16H23N5OS/c1-3-20-8-5-17-14(20)11-19-6-4-7-21(10-9-19)16(22)15-13(2)18-12-23-15/h5,8,12H,3-4,6-7,9-11H2,1-2H3. The van der Waals surface area contributed by atoms with E-state index in [1.807, 2.05) is 24.2 Å². The zero-order valence-electron chi connectivity index (χ0n) is 13.7. The third-order valence-electron chi connectivity index (χ3n) is 4.32. The van der Waals surface area contributed by atoms with E-state index in [1.54, 1.807) is 5.51 Å². The van der Waals surface area contributed by atoms with Crippen molar-refractivity contribution in [1.29, 1.82) is 0 Å². The zero-order valence-corrected chi connectivity index (χ0v) is 14.6. The molecule has 6 nitrogen and oxygen atoms in total. The molecule has 0 radical (unpaired) electrons. The maximum Gasteiger partial charge on any atom is 0.265 e. The lowest BCUT2D eigenvalue weighted by Gasteiger charge is -2.21. The van der Waals surface area contributed by atoms with Gasteiger partial charge < -0.3 is 9.47 Å². The molecule has 1 fully saturated rings. The van der Waals surface area contributed by atoms with Gasteiger partial charge in [-0.15, -0.1) is 11.3 Å². The molecule has 2 aromatic rings. The van der Waals surface area contributed by atoms with E-state index in [0.29, 0.717) is 0 Å². The second-order valence-electron chi connectivity index (χ2n) is 5.82. The fraction of sp³-hybridized carbons (Fsp3) is 0.562.